The molecule has 0 atom stereocenters. The molecule has 25 heavy (non-hydrogen) atoms. The highest BCUT2D eigenvalue weighted by Crippen LogP contribution is 2.18. The molecule has 0 bridgehead atoms. The largest absolute Gasteiger partial charge is 0.489 e. The third-order valence-corrected chi connectivity index (χ3v) is 4.52. The Morgan fingerprint density at radius 3 is 2.84 bits per heavy atom. The molecule has 0 unspecified atom stereocenters. The molecule has 130 valence electrons. The minimum atomic E-state index is -0.300. The Kier molecular flexibility index (Phi) is 5.45. The zero-order valence-electron chi connectivity index (χ0n) is 13.7. The van der Waals surface area contributed by atoms with E-state index in [9.17, 15) is 9.18 Å². The Hall–Kier alpha value is -2.67. The zero-order chi connectivity index (χ0) is 17.6. The first-order chi connectivity index (χ1) is 12.1. The maximum Gasteiger partial charge on any atom is 0.261 e. The van der Waals surface area contributed by atoms with Gasteiger partial charge in [0.2, 0.25) is 0 Å². The van der Waals surface area contributed by atoms with E-state index in [1.807, 2.05) is 29.2 Å². The molecule has 2 aromatic heterocycles. The van der Waals surface area contributed by atoms with Crippen molar-refractivity contribution in [3.05, 3.63) is 69.9 Å². The number of carbonyl (C=O) groups excluding carboxylic acids is 1. The van der Waals surface area contributed by atoms with Gasteiger partial charge in [-0.3, -0.25) is 9.48 Å². The summed E-state index contributed by atoms with van der Waals surface area (Å²) in [5, 5.41) is 9.07. The number of halogens is 1. The molecule has 0 saturated heterocycles. The van der Waals surface area contributed by atoms with Gasteiger partial charge in [0.05, 0.1) is 17.1 Å². The van der Waals surface area contributed by atoms with Gasteiger partial charge >= 0.3 is 0 Å². The molecule has 1 amide bonds. The van der Waals surface area contributed by atoms with Crippen LogP contribution < -0.4 is 10.1 Å². The Balaban J connectivity index is 1.51. The average Bonchev–Trinajstić information content (AvgIpc) is 3.28. The first kappa shape index (κ1) is 17.2. The number of carbonyl (C=O) groups is 1. The van der Waals surface area contributed by atoms with Gasteiger partial charge in [-0.05, 0) is 48.7 Å². The summed E-state index contributed by atoms with van der Waals surface area (Å²) < 4.78 is 20.3. The minimum absolute atomic E-state index is 0.135. The molecule has 1 aromatic carbocycles. The second-order valence-corrected chi connectivity index (χ2v) is 6.32. The molecule has 3 aromatic rings. The monoisotopic (exact) mass is 359 g/mol. The van der Waals surface area contributed by atoms with E-state index < -0.39 is 0 Å². The Morgan fingerprint density at radius 1 is 1.32 bits per heavy atom. The number of aryl methyl sites for hydroxylation is 1. The summed E-state index contributed by atoms with van der Waals surface area (Å²) in [6.45, 7) is 3.54. The maximum absolute atomic E-state index is 12.9. The number of nitrogens with zero attached hydrogens (tertiary/aromatic N) is 2. The van der Waals surface area contributed by atoms with Crippen molar-refractivity contribution in [1.29, 1.82) is 0 Å². The number of amides is 1. The van der Waals surface area contributed by atoms with E-state index in [-0.39, 0.29) is 11.7 Å². The van der Waals surface area contributed by atoms with Crippen LogP contribution in [0, 0.1) is 5.82 Å². The van der Waals surface area contributed by atoms with Crippen LogP contribution in [0.15, 0.2) is 48.0 Å². The van der Waals surface area contributed by atoms with Gasteiger partial charge in [-0.25, -0.2) is 4.39 Å². The number of rotatable bonds is 7. The molecule has 5 nitrogen and oxygen atoms in total. The lowest BCUT2D eigenvalue weighted by molar-refractivity contribution is 0.0954. The Labute approximate surface area is 149 Å². The minimum Gasteiger partial charge on any atom is -0.489 e. The molecule has 0 aliphatic carbocycles. The topological polar surface area (TPSA) is 56.2 Å². The van der Waals surface area contributed by atoms with Crippen molar-refractivity contribution < 1.29 is 13.9 Å². The highest BCUT2D eigenvalue weighted by Gasteiger charge is 2.10. The van der Waals surface area contributed by atoms with Crippen molar-refractivity contribution in [2.45, 2.75) is 26.6 Å². The third kappa shape index (κ3) is 4.67. The van der Waals surface area contributed by atoms with Gasteiger partial charge in [0.25, 0.3) is 5.91 Å². The summed E-state index contributed by atoms with van der Waals surface area (Å²) in [6, 6.07) is 9.53. The molecule has 0 saturated carbocycles. The highest BCUT2D eigenvalue weighted by atomic mass is 32.1. The van der Waals surface area contributed by atoms with Crippen molar-refractivity contribution in [2.24, 2.45) is 0 Å². The summed E-state index contributed by atoms with van der Waals surface area (Å²) in [6.07, 6.45) is 1.89. The van der Waals surface area contributed by atoms with Crippen LogP contribution >= 0.6 is 11.3 Å². The van der Waals surface area contributed by atoms with Crippen molar-refractivity contribution >= 4 is 17.2 Å². The number of benzene rings is 1. The van der Waals surface area contributed by atoms with Crippen molar-refractivity contribution in [3.8, 4) is 5.75 Å². The van der Waals surface area contributed by atoms with Crippen molar-refractivity contribution in [3.63, 3.8) is 0 Å². The molecule has 0 radical (unpaired) electrons. The van der Waals surface area contributed by atoms with Gasteiger partial charge in [-0.1, -0.05) is 0 Å². The average molecular weight is 359 g/mol. The predicted molar refractivity (Wildman–Crippen MR) is 94.1 cm³/mol. The number of aromatic nitrogens is 2. The zero-order valence-corrected chi connectivity index (χ0v) is 14.6. The summed E-state index contributed by atoms with van der Waals surface area (Å²) in [5.41, 5.74) is 1.72. The number of ether oxygens (including phenoxy) is 1. The third-order valence-electron chi connectivity index (χ3n) is 3.55. The first-order valence-electron chi connectivity index (χ1n) is 7.90. The Morgan fingerprint density at radius 2 is 2.12 bits per heavy atom. The van der Waals surface area contributed by atoms with Crippen LogP contribution in [-0.2, 0) is 19.7 Å². The van der Waals surface area contributed by atoms with Crippen molar-refractivity contribution in [2.75, 3.05) is 0 Å². The van der Waals surface area contributed by atoms with Crippen LogP contribution in [0.2, 0.25) is 0 Å². The molecule has 0 spiro atoms. The smallest absolute Gasteiger partial charge is 0.261 e. The van der Waals surface area contributed by atoms with Gasteiger partial charge in [-0.15, -0.1) is 11.3 Å². The maximum atomic E-state index is 12.9. The van der Waals surface area contributed by atoms with E-state index in [0.717, 1.165) is 17.8 Å². The number of thiophene rings is 1. The lowest BCUT2D eigenvalue weighted by Gasteiger charge is -2.04. The first-order valence-corrected chi connectivity index (χ1v) is 8.78. The fourth-order valence-electron chi connectivity index (χ4n) is 2.20. The lowest BCUT2D eigenvalue weighted by atomic mass is 10.3. The van der Waals surface area contributed by atoms with Crippen LogP contribution in [-0.4, -0.2) is 15.7 Å². The molecular weight excluding hydrogens is 341 g/mol. The quantitative estimate of drug-likeness (QED) is 0.701. The van der Waals surface area contributed by atoms with Crippen LogP contribution in [0.1, 0.15) is 27.9 Å². The second kappa shape index (κ2) is 7.94. The molecular formula is C18H18FN3O2S. The van der Waals surface area contributed by atoms with Gasteiger partial charge in [0, 0.05) is 18.3 Å². The standard InChI is InChI=1S/C18H18FN3O2S/c1-2-22-8-7-15(21-22)10-20-18(23)17-9-13(12-25-17)11-24-16-5-3-14(19)4-6-16/h3-9,12H,2,10-11H2,1H3,(H,20,23). The lowest BCUT2D eigenvalue weighted by Crippen LogP contribution is -2.22. The highest BCUT2D eigenvalue weighted by molar-refractivity contribution is 7.12. The van der Waals surface area contributed by atoms with E-state index in [1.165, 1.54) is 23.5 Å². The Bertz CT molecular complexity index is 842. The van der Waals surface area contributed by atoms with Gasteiger partial charge < -0.3 is 10.1 Å². The molecule has 7 heteroatoms. The van der Waals surface area contributed by atoms with Crippen molar-refractivity contribution in [1.82, 2.24) is 15.1 Å². The fourth-order valence-corrected chi connectivity index (χ4v) is 3.01. The van der Waals surface area contributed by atoms with Gasteiger partial charge in [-0.2, -0.15) is 5.10 Å². The van der Waals surface area contributed by atoms with Crippen LogP contribution in [0.3, 0.4) is 0 Å². The summed E-state index contributed by atoms with van der Waals surface area (Å²) in [4.78, 5) is 12.8. The van der Waals surface area contributed by atoms with Gasteiger partial charge in [0.1, 0.15) is 18.2 Å². The normalized spacial score (nSPS) is 10.6. The summed E-state index contributed by atoms with van der Waals surface area (Å²) in [7, 11) is 0. The molecule has 0 aliphatic heterocycles. The summed E-state index contributed by atoms with van der Waals surface area (Å²) >= 11 is 1.36. The number of nitrogens with one attached hydrogen (secondary N) is 1. The van der Waals surface area contributed by atoms with E-state index in [1.54, 1.807) is 18.2 Å². The SMILES string of the molecule is CCn1ccc(CNC(=O)c2cc(COc3ccc(F)cc3)cs2)n1. The molecule has 3 rings (SSSR count). The number of hydrogen-bond acceptors (Lipinski definition) is 4. The van der Waals surface area contributed by atoms with E-state index in [0.29, 0.717) is 23.8 Å². The predicted octanol–water partition coefficient (Wildman–Crippen LogP) is 3.61. The molecule has 1 N–H and O–H groups in total. The molecule has 0 aliphatic rings. The molecule has 0 fully saturated rings. The van der Waals surface area contributed by atoms with E-state index >= 15 is 0 Å². The van der Waals surface area contributed by atoms with Gasteiger partial charge in [0.15, 0.2) is 0 Å². The summed E-state index contributed by atoms with van der Waals surface area (Å²) in [5.74, 6) is 0.153. The van der Waals surface area contributed by atoms with Crippen LogP contribution in [0.4, 0.5) is 4.39 Å². The van der Waals surface area contributed by atoms with E-state index in [4.69, 9.17) is 4.74 Å². The second-order valence-electron chi connectivity index (χ2n) is 5.41. The fraction of sp³-hybridized carbons (Fsp3) is 0.222. The van der Waals surface area contributed by atoms with E-state index in [2.05, 4.69) is 10.4 Å². The van der Waals surface area contributed by atoms with Crippen LogP contribution in [0.5, 0.6) is 5.75 Å². The molecule has 2 heterocycles. The van der Waals surface area contributed by atoms with Crippen LogP contribution in [0.25, 0.3) is 0 Å². The number of hydrogen-bond donors (Lipinski definition) is 1.